The first-order valence-electron chi connectivity index (χ1n) is 9.84. The van der Waals surface area contributed by atoms with Crippen LogP contribution in [0.1, 0.15) is 56.8 Å². The van der Waals surface area contributed by atoms with Crippen molar-refractivity contribution in [3.05, 3.63) is 35.6 Å². The Balaban J connectivity index is 1.91. The maximum absolute atomic E-state index is 14.3. The molecule has 2 fully saturated rings. The Bertz CT molecular complexity index is 698. The van der Waals surface area contributed by atoms with Crippen molar-refractivity contribution in [1.82, 2.24) is 10.2 Å². The first-order chi connectivity index (χ1) is 12.8. The van der Waals surface area contributed by atoms with Crippen molar-refractivity contribution < 1.29 is 18.7 Å². The van der Waals surface area contributed by atoms with Crippen molar-refractivity contribution in [3.63, 3.8) is 0 Å². The molecule has 1 saturated carbocycles. The second-order valence-electron chi connectivity index (χ2n) is 8.25. The van der Waals surface area contributed by atoms with Gasteiger partial charge in [-0.1, -0.05) is 32.9 Å². The minimum absolute atomic E-state index is 0.0114. The van der Waals surface area contributed by atoms with Crippen molar-refractivity contribution in [2.75, 3.05) is 13.2 Å². The maximum Gasteiger partial charge on any atom is 0.259 e. The summed E-state index contributed by atoms with van der Waals surface area (Å²) in [4.78, 5) is 27.6. The molecule has 1 aliphatic heterocycles. The Hall–Kier alpha value is -1.95. The second kappa shape index (κ2) is 7.97. The quantitative estimate of drug-likeness (QED) is 0.877. The molecule has 1 aromatic carbocycles. The maximum atomic E-state index is 14.3. The highest BCUT2D eigenvalue weighted by Crippen LogP contribution is 2.43. The summed E-state index contributed by atoms with van der Waals surface area (Å²) in [5.74, 6) is -0.418. The molecule has 3 rings (SSSR count). The molecule has 2 aliphatic rings. The molecule has 0 radical (unpaired) electrons. The molecule has 1 heterocycles. The molecule has 1 atom stereocenters. The molecular formula is C21H29FN2O3. The number of hydrogen-bond acceptors (Lipinski definition) is 3. The Morgan fingerprint density at radius 2 is 1.96 bits per heavy atom. The second-order valence-corrected chi connectivity index (χ2v) is 8.25. The van der Waals surface area contributed by atoms with Crippen LogP contribution in [0.4, 0.5) is 4.39 Å². The Labute approximate surface area is 160 Å². The van der Waals surface area contributed by atoms with E-state index in [-0.39, 0.29) is 18.1 Å². The van der Waals surface area contributed by atoms with Gasteiger partial charge in [-0.2, -0.15) is 0 Å². The molecule has 148 valence electrons. The Kier molecular flexibility index (Phi) is 5.84. The van der Waals surface area contributed by atoms with Crippen LogP contribution in [0.5, 0.6) is 0 Å². The summed E-state index contributed by atoms with van der Waals surface area (Å²) in [7, 11) is 0. The van der Waals surface area contributed by atoms with E-state index < -0.39 is 23.5 Å². The summed E-state index contributed by atoms with van der Waals surface area (Å²) >= 11 is 0. The zero-order valence-corrected chi connectivity index (χ0v) is 16.3. The number of amides is 2. The molecule has 0 unspecified atom stereocenters. The fourth-order valence-electron chi connectivity index (χ4n) is 3.97. The van der Waals surface area contributed by atoms with Gasteiger partial charge >= 0.3 is 0 Å². The molecule has 5 nitrogen and oxygen atoms in total. The van der Waals surface area contributed by atoms with Crippen LogP contribution in [0.15, 0.2) is 24.3 Å². The van der Waals surface area contributed by atoms with Gasteiger partial charge in [-0.15, -0.1) is 0 Å². The third-order valence-electron chi connectivity index (χ3n) is 5.63. The van der Waals surface area contributed by atoms with Crippen LogP contribution in [0.2, 0.25) is 0 Å². The average Bonchev–Trinajstić information content (AvgIpc) is 3.01. The number of carbonyl (C=O) groups excluding carboxylic acids is 2. The van der Waals surface area contributed by atoms with Gasteiger partial charge in [0.05, 0.1) is 12.2 Å². The molecule has 1 spiro atoms. The zero-order chi connectivity index (χ0) is 19.6. The molecule has 27 heavy (non-hydrogen) atoms. The van der Waals surface area contributed by atoms with E-state index in [4.69, 9.17) is 4.74 Å². The van der Waals surface area contributed by atoms with Gasteiger partial charge in [-0.05, 0) is 49.7 Å². The largest absolute Gasteiger partial charge is 0.354 e. The lowest BCUT2D eigenvalue weighted by Gasteiger charge is -2.43. The number of nitrogens with zero attached hydrogens (tertiary/aromatic N) is 1. The first-order valence-corrected chi connectivity index (χ1v) is 9.84. The van der Waals surface area contributed by atoms with Crippen molar-refractivity contribution in [2.24, 2.45) is 11.8 Å². The fraction of sp³-hybridized carbons (Fsp3) is 0.619. The van der Waals surface area contributed by atoms with Crippen LogP contribution >= 0.6 is 0 Å². The number of hydrogen-bond donors (Lipinski definition) is 1. The van der Waals surface area contributed by atoms with Gasteiger partial charge in [-0.25, -0.2) is 4.39 Å². The fourth-order valence-corrected chi connectivity index (χ4v) is 3.97. The lowest BCUT2D eigenvalue weighted by Crippen LogP contribution is -2.57. The molecule has 2 amide bonds. The van der Waals surface area contributed by atoms with Gasteiger partial charge < -0.3 is 10.1 Å². The molecule has 1 aromatic rings. The van der Waals surface area contributed by atoms with Crippen LogP contribution in [0.25, 0.3) is 0 Å². The van der Waals surface area contributed by atoms with Gasteiger partial charge in [0.2, 0.25) is 5.91 Å². The smallest absolute Gasteiger partial charge is 0.259 e. The lowest BCUT2D eigenvalue weighted by molar-refractivity contribution is -0.128. The number of nitrogens with one attached hydrogen (secondary N) is 1. The predicted molar refractivity (Wildman–Crippen MR) is 101 cm³/mol. The molecular weight excluding hydrogens is 347 g/mol. The summed E-state index contributed by atoms with van der Waals surface area (Å²) in [6.07, 6.45) is 3.17. The summed E-state index contributed by atoms with van der Waals surface area (Å²) in [5.41, 5.74) is -0.825. The van der Waals surface area contributed by atoms with Gasteiger partial charge in [0.25, 0.3) is 5.91 Å². The van der Waals surface area contributed by atoms with Crippen LogP contribution in [0.3, 0.4) is 0 Å². The van der Waals surface area contributed by atoms with E-state index in [9.17, 15) is 14.0 Å². The van der Waals surface area contributed by atoms with Crippen LogP contribution in [-0.2, 0) is 9.53 Å². The van der Waals surface area contributed by atoms with Crippen molar-refractivity contribution in [3.8, 4) is 0 Å². The lowest BCUT2D eigenvalue weighted by atomic mass is 9.83. The first kappa shape index (κ1) is 19.8. The third kappa shape index (κ3) is 4.00. The van der Waals surface area contributed by atoms with Crippen molar-refractivity contribution in [1.29, 1.82) is 0 Å². The van der Waals surface area contributed by atoms with E-state index in [2.05, 4.69) is 12.2 Å². The van der Waals surface area contributed by atoms with Gasteiger partial charge in [0.1, 0.15) is 17.6 Å². The Morgan fingerprint density at radius 1 is 1.30 bits per heavy atom. The number of halogens is 1. The average molecular weight is 376 g/mol. The van der Waals surface area contributed by atoms with E-state index >= 15 is 0 Å². The van der Waals surface area contributed by atoms with E-state index in [1.165, 1.54) is 17.0 Å². The van der Waals surface area contributed by atoms with E-state index in [0.29, 0.717) is 31.2 Å². The minimum Gasteiger partial charge on any atom is -0.354 e. The van der Waals surface area contributed by atoms with Gasteiger partial charge in [0, 0.05) is 6.54 Å². The molecule has 1 saturated heterocycles. The monoisotopic (exact) mass is 376 g/mol. The summed E-state index contributed by atoms with van der Waals surface area (Å²) in [6.45, 7) is 6.88. The third-order valence-corrected chi connectivity index (χ3v) is 5.63. The predicted octanol–water partition coefficient (Wildman–Crippen LogP) is 3.35. The molecule has 1 aliphatic carbocycles. The minimum atomic E-state index is -0.814. The van der Waals surface area contributed by atoms with Crippen LogP contribution in [-0.4, -0.2) is 41.6 Å². The molecule has 0 aromatic heterocycles. The summed E-state index contributed by atoms with van der Waals surface area (Å²) in [6, 6.07) is 5.20. The number of carbonyl (C=O) groups is 2. The number of rotatable bonds is 4. The van der Waals surface area contributed by atoms with E-state index in [0.717, 1.165) is 12.8 Å². The highest BCUT2D eigenvalue weighted by molar-refractivity contribution is 5.98. The number of ether oxygens (including phenoxy) is 1. The van der Waals surface area contributed by atoms with Crippen LogP contribution in [0, 0.1) is 17.7 Å². The SMILES string of the molecule is CC(C)CNC(=O)[C@H]1COC2(CCC(C)CC2)N1C(=O)c1ccccc1F. The number of benzene rings is 1. The van der Waals surface area contributed by atoms with E-state index in [1.807, 2.05) is 13.8 Å². The highest BCUT2D eigenvalue weighted by Gasteiger charge is 2.53. The molecule has 0 bridgehead atoms. The molecule has 6 heteroatoms. The normalized spacial score (nSPS) is 28.0. The molecule has 1 N–H and O–H groups in total. The Morgan fingerprint density at radius 3 is 2.59 bits per heavy atom. The zero-order valence-electron chi connectivity index (χ0n) is 16.3. The summed E-state index contributed by atoms with van der Waals surface area (Å²) in [5, 5.41) is 2.90. The highest BCUT2D eigenvalue weighted by atomic mass is 19.1. The van der Waals surface area contributed by atoms with Gasteiger partial charge in [0.15, 0.2) is 0 Å². The topological polar surface area (TPSA) is 58.6 Å². The standard InChI is InChI=1S/C21H29FN2O3/c1-14(2)12-23-19(25)18-13-27-21(10-8-15(3)9-11-21)24(18)20(26)16-6-4-5-7-17(16)22/h4-7,14-15,18H,8-13H2,1-3H3,(H,23,25)/t15?,18-,21?/m1/s1. The van der Waals surface area contributed by atoms with Crippen molar-refractivity contribution >= 4 is 11.8 Å². The van der Waals surface area contributed by atoms with E-state index in [1.54, 1.807) is 12.1 Å². The van der Waals surface area contributed by atoms with Crippen LogP contribution < -0.4 is 5.32 Å². The summed E-state index contributed by atoms with van der Waals surface area (Å²) < 4.78 is 20.4. The van der Waals surface area contributed by atoms with Crippen molar-refractivity contribution in [2.45, 2.75) is 58.2 Å². The van der Waals surface area contributed by atoms with Gasteiger partial charge in [-0.3, -0.25) is 14.5 Å².